The molecular weight excluding hydrogens is 597 g/mol. The summed E-state index contributed by atoms with van der Waals surface area (Å²) in [5.74, 6) is 5.53. The third-order valence-corrected chi connectivity index (χ3v) is 6.61. The Bertz CT molecular complexity index is 1740. The van der Waals surface area contributed by atoms with Crippen molar-refractivity contribution in [2.24, 2.45) is 7.05 Å². The van der Waals surface area contributed by atoms with Crippen LogP contribution in [-0.4, -0.2) is 60.5 Å². The molecule has 0 aliphatic rings. The van der Waals surface area contributed by atoms with Crippen LogP contribution in [0, 0.1) is 27.8 Å². The maximum Gasteiger partial charge on any atom is 0.392 e. The van der Waals surface area contributed by atoms with Crippen LogP contribution in [0.1, 0.15) is 18.4 Å². The number of aromatic nitrogens is 5. The largest absolute Gasteiger partial charge is 0.392 e. The summed E-state index contributed by atoms with van der Waals surface area (Å²) in [6, 6.07) is 6.13. The molecule has 1 aromatic carbocycles. The molecule has 0 unspecified atom stereocenters. The molecule has 41 heavy (non-hydrogen) atoms. The normalized spacial score (nSPS) is 11.4. The Morgan fingerprint density at radius 1 is 1.27 bits per heavy atom. The number of amides is 1. The van der Waals surface area contributed by atoms with Crippen molar-refractivity contribution < 1.29 is 18.6 Å². The molecule has 12 nitrogen and oxygen atoms in total. The summed E-state index contributed by atoms with van der Waals surface area (Å²) in [7, 11) is 5.48. The van der Waals surface area contributed by atoms with Crippen molar-refractivity contribution in [1.29, 1.82) is 0 Å². The number of likely N-dealkylation sites (N-methyl/N-ethyl adjacent to an activating group) is 1. The summed E-state index contributed by atoms with van der Waals surface area (Å²) < 4.78 is 15.9. The number of halogens is 2. The van der Waals surface area contributed by atoms with E-state index < -0.39 is 10.8 Å². The first kappa shape index (κ1) is 29.2. The minimum absolute atomic E-state index is 0.231. The first-order valence-electron chi connectivity index (χ1n) is 12.2. The topological polar surface area (TPSA) is 141 Å². The van der Waals surface area contributed by atoms with Crippen LogP contribution >= 0.6 is 15.9 Å². The predicted octanol–water partition coefficient (Wildman–Crippen LogP) is 4.45. The molecule has 0 atom stereocenters. The Balaban J connectivity index is 1.45. The van der Waals surface area contributed by atoms with Crippen molar-refractivity contribution in [3.8, 4) is 11.8 Å². The monoisotopic (exact) mass is 622 g/mol. The van der Waals surface area contributed by atoms with Gasteiger partial charge >= 0.3 is 5.82 Å². The number of anilines is 3. The molecule has 4 rings (SSSR count). The van der Waals surface area contributed by atoms with E-state index in [1.165, 1.54) is 24.7 Å². The molecule has 0 saturated carbocycles. The molecule has 3 aromatic heterocycles. The number of imidazole rings is 1. The lowest BCUT2D eigenvalue weighted by Gasteiger charge is -2.28. The average Bonchev–Trinajstić information content (AvgIpc) is 3.21. The summed E-state index contributed by atoms with van der Waals surface area (Å²) >= 11 is 3.17. The van der Waals surface area contributed by atoms with E-state index in [0.717, 1.165) is 0 Å². The molecule has 14 heteroatoms. The standard InChI is InChI=1S/C27H25BrFN9O3/c1-5-7-24-35-27(37(40)41)22(36(24)2)15-38(3,4)11-6-8-25(39)34-23-13-18-21(14-30-23)31-16-32-26(18)33-17-9-10-20(29)19(28)12-17/h6,8-10,12-14,16H,11,15H2,1-4H3,(H-,30,31,32,33,34,39)/p+1/b8-6+. The lowest BCUT2D eigenvalue weighted by atomic mass is 10.2. The van der Waals surface area contributed by atoms with Gasteiger partial charge in [-0.05, 0) is 69.0 Å². The summed E-state index contributed by atoms with van der Waals surface area (Å²) in [6.07, 6.45) is 5.96. The van der Waals surface area contributed by atoms with Gasteiger partial charge in [0.25, 0.3) is 5.82 Å². The third-order valence-electron chi connectivity index (χ3n) is 6.00. The molecule has 0 aliphatic carbocycles. The van der Waals surface area contributed by atoms with E-state index >= 15 is 0 Å². The van der Waals surface area contributed by atoms with Crippen molar-refractivity contribution in [2.75, 3.05) is 31.3 Å². The van der Waals surface area contributed by atoms with Crippen LogP contribution in [0.3, 0.4) is 0 Å². The van der Waals surface area contributed by atoms with Crippen LogP contribution in [0.15, 0.2) is 53.4 Å². The van der Waals surface area contributed by atoms with Gasteiger partial charge in [-0.15, -0.1) is 0 Å². The first-order chi connectivity index (χ1) is 19.5. The maximum absolute atomic E-state index is 13.6. The molecule has 0 spiro atoms. The highest BCUT2D eigenvalue weighted by Crippen LogP contribution is 2.27. The third kappa shape index (κ3) is 7.07. The Labute approximate surface area is 243 Å². The van der Waals surface area contributed by atoms with Crippen molar-refractivity contribution in [1.82, 2.24) is 24.5 Å². The van der Waals surface area contributed by atoms with Gasteiger partial charge < -0.3 is 25.2 Å². The molecule has 0 saturated heterocycles. The molecule has 3 heterocycles. The number of carbonyl (C=O) groups excluding carboxylic acids is 1. The van der Waals surface area contributed by atoms with E-state index in [9.17, 15) is 19.3 Å². The summed E-state index contributed by atoms with van der Waals surface area (Å²) in [5, 5.41) is 18.0. The molecule has 1 amide bonds. The number of quaternary nitrogens is 1. The number of nitrogens with one attached hydrogen (secondary N) is 2. The van der Waals surface area contributed by atoms with E-state index in [1.54, 1.807) is 42.8 Å². The zero-order valence-electron chi connectivity index (χ0n) is 22.6. The SMILES string of the molecule is CC#Cc1nc([N+](=O)[O-])c(C[N+](C)(C)C/C=C/C(=O)Nc2cc3c(Nc4ccc(F)c(Br)c4)ncnc3cn2)n1C. The van der Waals surface area contributed by atoms with E-state index in [1.807, 2.05) is 14.1 Å². The van der Waals surface area contributed by atoms with E-state index in [2.05, 4.69) is 58.3 Å². The maximum atomic E-state index is 13.6. The lowest BCUT2D eigenvalue weighted by Crippen LogP contribution is -2.39. The zero-order chi connectivity index (χ0) is 29.7. The number of hydrogen-bond donors (Lipinski definition) is 2. The minimum atomic E-state index is -0.513. The predicted molar refractivity (Wildman–Crippen MR) is 156 cm³/mol. The Kier molecular flexibility index (Phi) is 8.70. The second kappa shape index (κ2) is 12.2. The van der Waals surface area contributed by atoms with E-state index in [0.29, 0.717) is 56.0 Å². The highest BCUT2D eigenvalue weighted by molar-refractivity contribution is 9.10. The van der Waals surface area contributed by atoms with Gasteiger partial charge in [-0.25, -0.2) is 19.3 Å². The van der Waals surface area contributed by atoms with Crippen LogP contribution in [-0.2, 0) is 18.4 Å². The summed E-state index contributed by atoms with van der Waals surface area (Å²) in [4.78, 5) is 40.5. The van der Waals surface area contributed by atoms with Crippen LogP contribution in [0.2, 0.25) is 0 Å². The fraction of sp³-hybridized carbons (Fsp3) is 0.222. The molecule has 0 aliphatic heterocycles. The van der Waals surface area contributed by atoms with Gasteiger partial charge in [0, 0.05) is 24.2 Å². The summed E-state index contributed by atoms with van der Waals surface area (Å²) in [6.45, 7) is 2.34. The molecular formula is C27H26BrFN9O3+. The van der Waals surface area contributed by atoms with Gasteiger partial charge in [-0.2, -0.15) is 0 Å². The van der Waals surface area contributed by atoms with Gasteiger partial charge in [0.2, 0.25) is 5.91 Å². The van der Waals surface area contributed by atoms with Gasteiger partial charge in [0.05, 0.1) is 36.8 Å². The van der Waals surface area contributed by atoms with E-state index in [4.69, 9.17) is 0 Å². The second-order valence-corrected chi connectivity index (χ2v) is 10.5. The fourth-order valence-corrected chi connectivity index (χ4v) is 4.36. The van der Waals surface area contributed by atoms with Crippen molar-refractivity contribution in [2.45, 2.75) is 13.5 Å². The van der Waals surface area contributed by atoms with Gasteiger partial charge in [0.1, 0.15) is 30.3 Å². The number of pyridine rings is 1. The molecule has 4 aromatic rings. The number of benzene rings is 1. The molecule has 2 N–H and O–H groups in total. The van der Waals surface area contributed by atoms with Crippen molar-refractivity contribution in [3.05, 3.63) is 80.9 Å². The van der Waals surface area contributed by atoms with Gasteiger partial charge in [0.15, 0.2) is 5.69 Å². The smallest absolute Gasteiger partial charge is 0.358 e. The quantitative estimate of drug-likeness (QED) is 0.0916. The fourth-order valence-electron chi connectivity index (χ4n) is 3.98. The van der Waals surface area contributed by atoms with Crippen LogP contribution in [0.5, 0.6) is 0 Å². The first-order valence-corrected chi connectivity index (χ1v) is 13.0. The van der Waals surface area contributed by atoms with Crippen molar-refractivity contribution >= 4 is 55.9 Å². The van der Waals surface area contributed by atoms with Crippen LogP contribution in [0.25, 0.3) is 10.9 Å². The van der Waals surface area contributed by atoms with Gasteiger partial charge in [-0.3, -0.25) is 9.36 Å². The van der Waals surface area contributed by atoms with Crippen molar-refractivity contribution in [3.63, 3.8) is 0 Å². The van der Waals surface area contributed by atoms with Gasteiger partial charge in [-0.1, -0.05) is 5.92 Å². The highest BCUT2D eigenvalue weighted by atomic mass is 79.9. The number of nitro groups is 1. The Morgan fingerprint density at radius 3 is 2.76 bits per heavy atom. The highest BCUT2D eigenvalue weighted by Gasteiger charge is 2.30. The number of hydrogen-bond acceptors (Lipinski definition) is 8. The number of carbonyl (C=O) groups is 1. The zero-order valence-corrected chi connectivity index (χ0v) is 24.2. The Morgan fingerprint density at radius 2 is 2.05 bits per heavy atom. The average molecular weight is 623 g/mol. The number of nitrogens with zero attached hydrogens (tertiary/aromatic N) is 7. The number of rotatable bonds is 9. The number of fused-ring (bicyclic) bond motifs is 1. The Hall–Kier alpha value is -4.74. The molecule has 0 bridgehead atoms. The van der Waals surface area contributed by atoms with Crippen LogP contribution in [0.4, 0.5) is 27.5 Å². The molecule has 0 fully saturated rings. The van der Waals surface area contributed by atoms with E-state index in [-0.39, 0.29) is 17.5 Å². The second-order valence-electron chi connectivity index (χ2n) is 9.63. The van der Waals surface area contributed by atoms with Crippen LogP contribution < -0.4 is 10.6 Å². The lowest BCUT2D eigenvalue weighted by molar-refractivity contribution is -0.898. The minimum Gasteiger partial charge on any atom is -0.358 e. The molecule has 210 valence electrons. The summed E-state index contributed by atoms with van der Waals surface area (Å²) in [5.41, 5.74) is 1.60. The molecule has 0 radical (unpaired) electrons.